The number of hydrogen-bond acceptors (Lipinski definition) is 5. The molecule has 166 valence electrons. The lowest BCUT2D eigenvalue weighted by Crippen LogP contribution is -2.36. The number of nitrogens with zero attached hydrogens (tertiary/aromatic N) is 5. The maximum absolute atomic E-state index is 13.2. The second kappa shape index (κ2) is 9.55. The molecule has 4 aromatic rings. The number of aromatic nitrogens is 4. The first-order valence-electron chi connectivity index (χ1n) is 10.4. The summed E-state index contributed by atoms with van der Waals surface area (Å²) in [5.74, 6) is 0.888. The zero-order valence-electron chi connectivity index (χ0n) is 17.5. The number of carbonyl (C=O) groups is 1. The quantitative estimate of drug-likeness (QED) is 0.332. The molecule has 0 saturated carbocycles. The highest BCUT2D eigenvalue weighted by atomic mass is 35.5. The van der Waals surface area contributed by atoms with Gasteiger partial charge >= 0.3 is 0 Å². The predicted molar refractivity (Wildman–Crippen MR) is 132 cm³/mol. The first-order valence-corrected chi connectivity index (χ1v) is 12.2. The molecule has 0 spiro atoms. The van der Waals surface area contributed by atoms with Gasteiger partial charge in [0.15, 0.2) is 11.0 Å². The number of halogens is 2. The number of rotatable bonds is 5. The van der Waals surface area contributed by atoms with E-state index >= 15 is 0 Å². The van der Waals surface area contributed by atoms with Crippen molar-refractivity contribution in [3.63, 3.8) is 0 Å². The van der Waals surface area contributed by atoms with Gasteiger partial charge in [-0.1, -0.05) is 53.2 Å². The molecule has 0 unspecified atom stereocenters. The van der Waals surface area contributed by atoms with Crippen LogP contribution in [0.4, 0.5) is 5.69 Å². The number of anilines is 1. The van der Waals surface area contributed by atoms with Crippen molar-refractivity contribution in [2.24, 2.45) is 0 Å². The lowest BCUT2D eigenvalue weighted by atomic mass is 10.0. The Morgan fingerprint density at radius 1 is 1.03 bits per heavy atom. The molecule has 0 saturated heterocycles. The Morgan fingerprint density at radius 2 is 1.91 bits per heavy atom. The molecule has 0 radical (unpaired) electrons. The van der Waals surface area contributed by atoms with Crippen LogP contribution in [0.25, 0.3) is 17.1 Å². The van der Waals surface area contributed by atoms with Gasteiger partial charge in [-0.25, -0.2) is 0 Å². The van der Waals surface area contributed by atoms with Crippen molar-refractivity contribution in [3.8, 4) is 17.1 Å². The highest BCUT2D eigenvalue weighted by Gasteiger charge is 2.24. The van der Waals surface area contributed by atoms with E-state index in [-0.39, 0.29) is 11.7 Å². The van der Waals surface area contributed by atoms with E-state index in [9.17, 15) is 4.79 Å². The van der Waals surface area contributed by atoms with E-state index in [1.165, 1.54) is 17.3 Å². The first kappa shape index (κ1) is 21.9. The summed E-state index contributed by atoms with van der Waals surface area (Å²) in [6, 6.07) is 17.2. The van der Waals surface area contributed by atoms with E-state index in [2.05, 4.69) is 21.2 Å². The summed E-state index contributed by atoms with van der Waals surface area (Å²) in [5, 5.41) is 10.3. The fraction of sp³-hybridized carbons (Fsp3) is 0.167. The molecule has 1 amide bonds. The van der Waals surface area contributed by atoms with E-state index in [4.69, 9.17) is 23.2 Å². The number of carbonyl (C=O) groups excluding carboxylic acids is 1. The molecular formula is C24H19Cl2N5OS. The Hall–Kier alpha value is -2.87. The average Bonchev–Trinajstić information content (AvgIpc) is 3.28. The van der Waals surface area contributed by atoms with Gasteiger partial charge in [-0.15, -0.1) is 10.2 Å². The van der Waals surface area contributed by atoms with Crippen LogP contribution in [0.2, 0.25) is 10.0 Å². The number of amides is 1. The summed E-state index contributed by atoms with van der Waals surface area (Å²) in [7, 11) is 0. The summed E-state index contributed by atoms with van der Waals surface area (Å²) in [5.41, 5.74) is 3.77. The van der Waals surface area contributed by atoms with Crippen LogP contribution >= 0.6 is 35.0 Å². The van der Waals surface area contributed by atoms with Gasteiger partial charge in [-0.2, -0.15) is 0 Å². The molecule has 0 atom stereocenters. The second-order valence-corrected chi connectivity index (χ2v) is 9.30. The third kappa shape index (κ3) is 4.49. The molecule has 3 heterocycles. The number of thioether (sulfide) groups is 1. The number of para-hydroxylation sites is 1. The van der Waals surface area contributed by atoms with Crippen LogP contribution in [0.3, 0.4) is 0 Å². The third-order valence-electron chi connectivity index (χ3n) is 5.45. The SMILES string of the molecule is O=C(CSc1nnc(-c2cccnc2)n1-c1ccc(Cl)c(Cl)c1)N1CCCc2ccccc21. The van der Waals surface area contributed by atoms with Crippen LogP contribution in [0, 0.1) is 0 Å². The average molecular weight is 496 g/mol. The van der Waals surface area contributed by atoms with E-state index in [0.717, 1.165) is 36.3 Å². The van der Waals surface area contributed by atoms with Crippen LogP contribution in [0.1, 0.15) is 12.0 Å². The van der Waals surface area contributed by atoms with Crippen molar-refractivity contribution in [1.29, 1.82) is 0 Å². The maximum atomic E-state index is 13.2. The third-order valence-corrected chi connectivity index (χ3v) is 7.10. The van der Waals surface area contributed by atoms with Crippen molar-refractivity contribution in [2.75, 3.05) is 17.2 Å². The summed E-state index contributed by atoms with van der Waals surface area (Å²) in [4.78, 5) is 19.2. The zero-order chi connectivity index (χ0) is 22.8. The maximum Gasteiger partial charge on any atom is 0.237 e. The predicted octanol–water partition coefficient (Wildman–Crippen LogP) is 5.71. The molecule has 5 rings (SSSR count). The van der Waals surface area contributed by atoms with Crippen LogP contribution < -0.4 is 4.90 Å². The Morgan fingerprint density at radius 3 is 2.73 bits per heavy atom. The highest BCUT2D eigenvalue weighted by molar-refractivity contribution is 7.99. The molecule has 0 N–H and O–H groups in total. The number of benzene rings is 2. The minimum absolute atomic E-state index is 0.0405. The summed E-state index contributed by atoms with van der Waals surface area (Å²) < 4.78 is 1.88. The van der Waals surface area contributed by atoms with Gasteiger partial charge in [0.2, 0.25) is 5.91 Å². The van der Waals surface area contributed by atoms with Gasteiger partial charge in [0, 0.05) is 30.2 Å². The lowest BCUT2D eigenvalue weighted by molar-refractivity contribution is -0.116. The number of hydrogen-bond donors (Lipinski definition) is 0. The van der Waals surface area contributed by atoms with Gasteiger partial charge in [0.1, 0.15) is 0 Å². The molecule has 33 heavy (non-hydrogen) atoms. The monoisotopic (exact) mass is 495 g/mol. The van der Waals surface area contributed by atoms with E-state index in [1.54, 1.807) is 24.5 Å². The highest BCUT2D eigenvalue weighted by Crippen LogP contribution is 2.32. The van der Waals surface area contributed by atoms with Crippen LogP contribution in [-0.4, -0.2) is 38.0 Å². The number of pyridine rings is 1. The fourth-order valence-electron chi connectivity index (χ4n) is 3.90. The van der Waals surface area contributed by atoms with Crippen LogP contribution in [0.5, 0.6) is 0 Å². The summed E-state index contributed by atoms with van der Waals surface area (Å²) in [6.07, 6.45) is 5.38. The van der Waals surface area contributed by atoms with Crippen LogP contribution in [0.15, 0.2) is 72.1 Å². The minimum atomic E-state index is 0.0405. The van der Waals surface area contributed by atoms with Gasteiger partial charge in [-0.3, -0.25) is 14.3 Å². The Bertz CT molecular complexity index is 1310. The number of aryl methyl sites for hydroxylation is 1. The largest absolute Gasteiger partial charge is 0.311 e. The standard InChI is InChI=1S/C24H19Cl2N5OS/c25-19-10-9-18(13-20(19)26)31-23(17-6-3-11-27-14-17)28-29-24(31)33-15-22(32)30-12-4-7-16-5-1-2-8-21(16)30/h1-3,5-6,8-11,13-14H,4,7,12,15H2. The zero-order valence-corrected chi connectivity index (χ0v) is 19.8. The molecule has 9 heteroatoms. The molecule has 1 aliphatic rings. The summed E-state index contributed by atoms with van der Waals surface area (Å²) in [6.45, 7) is 0.719. The van der Waals surface area contributed by atoms with Gasteiger partial charge in [0.05, 0.1) is 21.5 Å². The molecule has 0 aliphatic carbocycles. The Balaban J connectivity index is 1.46. The van der Waals surface area contributed by atoms with E-state index in [0.29, 0.717) is 21.0 Å². The van der Waals surface area contributed by atoms with Gasteiger partial charge in [-0.05, 0) is 54.8 Å². The molecule has 2 aromatic heterocycles. The summed E-state index contributed by atoms with van der Waals surface area (Å²) >= 11 is 13.8. The normalized spacial score (nSPS) is 13.1. The molecular weight excluding hydrogens is 477 g/mol. The number of fused-ring (bicyclic) bond motifs is 1. The Labute approximate surface area is 205 Å². The Kier molecular flexibility index (Phi) is 6.35. The van der Waals surface area contributed by atoms with Gasteiger partial charge < -0.3 is 4.90 Å². The lowest BCUT2D eigenvalue weighted by Gasteiger charge is -2.29. The minimum Gasteiger partial charge on any atom is -0.311 e. The molecule has 2 aromatic carbocycles. The van der Waals surface area contributed by atoms with Crippen molar-refractivity contribution >= 4 is 46.6 Å². The van der Waals surface area contributed by atoms with Crippen molar-refractivity contribution < 1.29 is 4.79 Å². The molecule has 0 bridgehead atoms. The van der Waals surface area contributed by atoms with Gasteiger partial charge in [0.25, 0.3) is 0 Å². The topological polar surface area (TPSA) is 63.9 Å². The molecule has 6 nitrogen and oxygen atoms in total. The van der Waals surface area contributed by atoms with E-state index < -0.39 is 0 Å². The van der Waals surface area contributed by atoms with Crippen molar-refractivity contribution in [3.05, 3.63) is 82.6 Å². The second-order valence-electron chi connectivity index (χ2n) is 7.55. The molecule has 1 aliphatic heterocycles. The van der Waals surface area contributed by atoms with Crippen molar-refractivity contribution in [1.82, 2.24) is 19.7 Å². The first-order chi connectivity index (χ1) is 16.1. The molecule has 0 fully saturated rings. The van der Waals surface area contributed by atoms with Crippen LogP contribution in [-0.2, 0) is 11.2 Å². The fourth-order valence-corrected chi connectivity index (χ4v) is 5.02. The van der Waals surface area contributed by atoms with E-state index in [1.807, 2.05) is 45.9 Å². The smallest absolute Gasteiger partial charge is 0.237 e. The van der Waals surface area contributed by atoms with Crippen molar-refractivity contribution in [2.45, 2.75) is 18.0 Å².